The Bertz CT molecular complexity index is 541. The first kappa shape index (κ1) is 13.2. The fourth-order valence-corrected chi connectivity index (χ4v) is 1.77. The molecule has 0 saturated carbocycles. The van der Waals surface area contributed by atoms with E-state index in [0.29, 0.717) is 13.2 Å². The average molecular weight is 256 g/mol. The number of rotatable bonds is 6. The van der Waals surface area contributed by atoms with Gasteiger partial charge in [0.15, 0.2) is 0 Å². The predicted octanol–water partition coefficient (Wildman–Crippen LogP) is 2.81. The molecular formula is C15H16N2O2. The van der Waals surface area contributed by atoms with Crippen LogP contribution in [0.15, 0.2) is 43.5 Å². The molecule has 1 aromatic carbocycles. The van der Waals surface area contributed by atoms with Crippen molar-refractivity contribution in [3.05, 3.63) is 49.1 Å². The molecule has 0 bridgehead atoms. The normalized spacial score (nSPS) is 10.2. The van der Waals surface area contributed by atoms with Crippen LogP contribution in [0.3, 0.4) is 0 Å². The van der Waals surface area contributed by atoms with Crippen LogP contribution in [0.25, 0.3) is 17.2 Å². The van der Waals surface area contributed by atoms with E-state index in [9.17, 15) is 0 Å². The Hall–Kier alpha value is -2.20. The molecule has 4 heteroatoms. The Balaban J connectivity index is 2.39. The fourth-order valence-electron chi connectivity index (χ4n) is 1.77. The van der Waals surface area contributed by atoms with Gasteiger partial charge in [0.1, 0.15) is 18.7 Å². The number of hydrogen-bond donors (Lipinski definition) is 0. The van der Waals surface area contributed by atoms with E-state index in [0.717, 1.165) is 22.4 Å². The summed E-state index contributed by atoms with van der Waals surface area (Å²) in [6.45, 7) is 4.84. The molecule has 98 valence electrons. The van der Waals surface area contributed by atoms with Crippen LogP contribution >= 0.6 is 0 Å². The Kier molecular flexibility index (Phi) is 4.64. The molecule has 19 heavy (non-hydrogen) atoms. The minimum Gasteiger partial charge on any atom is -0.490 e. The number of nitrogens with zero attached hydrogens (tertiary/aromatic N) is 2. The number of ether oxygens (including phenoxy) is 2. The zero-order valence-electron chi connectivity index (χ0n) is 10.9. The summed E-state index contributed by atoms with van der Waals surface area (Å²) in [6, 6.07) is 5.90. The van der Waals surface area contributed by atoms with Gasteiger partial charge in [0, 0.05) is 36.2 Å². The Morgan fingerprint density at radius 2 is 2.00 bits per heavy atom. The molecular weight excluding hydrogens is 240 g/mol. The van der Waals surface area contributed by atoms with Gasteiger partial charge < -0.3 is 9.47 Å². The van der Waals surface area contributed by atoms with Gasteiger partial charge in [-0.15, -0.1) is 0 Å². The third-order valence-corrected chi connectivity index (χ3v) is 2.67. The number of benzene rings is 1. The second-order valence-corrected chi connectivity index (χ2v) is 3.90. The van der Waals surface area contributed by atoms with Crippen molar-refractivity contribution in [3.63, 3.8) is 0 Å². The molecule has 1 heterocycles. The van der Waals surface area contributed by atoms with Gasteiger partial charge in [-0.3, -0.25) is 0 Å². The minimum atomic E-state index is 0.488. The van der Waals surface area contributed by atoms with Crippen LogP contribution < -0.4 is 4.74 Å². The van der Waals surface area contributed by atoms with Crippen molar-refractivity contribution in [1.29, 1.82) is 0 Å². The highest BCUT2D eigenvalue weighted by molar-refractivity contribution is 5.75. The van der Waals surface area contributed by atoms with Crippen LogP contribution in [0.1, 0.15) is 5.56 Å². The lowest BCUT2D eigenvalue weighted by Gasteiger charge is -2.13. The van der Waals surface area contributed by atoms with Crippen molar-refractivity contribution >= 4 is 6.08 Å². The van der Waals surface area contributed by atoms with Crippen LogP contribution in [-0.4, -0.2) is 30.3 Å². The summed E-state index contributed by atoms with van der Waals surface area (Å²) < 4.78 is 10.8. The van der Waals surface area contributed by atoms with Gasteiger partial charge in [-0.25, -0.2) is 9.97 Å². The van der Waals surface area contributed by atoms with Gasteiger partial charge in [0.05, 0.1) is 6.61 Å². The third-order valence-electron chi connectivity index (χ3n) is 2.67. The molecule has 0 atom stereocenters. The summed E-state index contributed by atoms with van der Waals surface area (Å²) in [5, 5.41) is 0. The van der Waals surface area contributed by atoms with Gasteiger partial charge in [-0.1, -0.05) is 30.9 Å². The van der Waals surface area contributed by atoms with E-state index in [1.165, 1.54) is 6.33 Å². The molecule has 0 aliphatic carbocycles. The molecule has 2 rings (SSSR count). The third kappa shape index (κ3) is 3.17. The minimum absolute atomic E-state index is 0.488. The maximum atomic E-state index is 5.80. The van der Waals surface area contributed by atoms with E-state index in [-0.39, 0.29) is 0 Å². The van der Waals surface area contributed by atoms with Crippen LogP contribution in [0.2, 0.25) is 0 Å². The molecule has 4 nitrogen and oxygen atoms in total. The highest BCUT2D eigenvalue weighted by atomic mass is 16.5. The van der Waals surface area contributed by atoms with E-state index in [4.69, 9.17) is 9.47 Å². The molecule has 0 aliphatic rings. The summed E-state index contributed by atoms with van der Waals surface area (Å²) in [5.41, 5.74) is 2.81. The van der Waals surface area contributed by atoms with E-state index >= 15 is 0 Å². The highest BCUT2D eigenvalue weighted by Crippen LogP contribution is 2.33. The zero-order chi connectivity index (χ0) is 13.5. The lowest BCUT2D eigenvalue weighted by molar-refractivity contribution is 0.146. The van der Waals surface area contributed by atoms with E-state index < -0.39 is 0 Å². The molecule has 0 fully saturated rings. The van der Waals surface area contributed by atoms with Crippen molar-refractivity contribution in [1.82, 2.24) is 9.97 Å². The summed E-state index contributed by atoms with van der Waals surface area (Å²) in [7, 11) is 1.65. The number of para-hydroxylation sites is 1. The van der Waals surface area contributed by atoms with E-state index in [1.807, 2.05) is 18.2 Å². The van der Waals surface area contributed by atoms with Crippen LogP contribution in [0, 0.1) is 0 Å². The smallest absolute Gasteiger partial charge is 0.134 e. The standard InChI is InChI=1S/C15H16N2O2/c1-3-12-5-4-6-14(13-9-16-11-17-10-13)15(12)19-8-7-18-2/h3-6,9-11H,1,7-8H2,2H3. The topological polar surface area (TPSA) is 44.2 Å². The van der Waals surface area contributed by atoms with Gasteiger partial charge >= 0.3 is 0 Å². The molecule has 0 radical (unpaired) electrons. The first-order valence-corrected chi connectivity index (χ1v) is 5.99. The van der Waals surface area contributed by atoms with Crippen molar-refractivity contribution in [2.75, 3.05) is 20.3 Å². The number of hydrogen-bond acceptors (Lipinski definition) is 4. The van der Waals surface area contributed by atoms with Crippen molar-refractivity contribution in [2.45, 2.75) is 0 Å². The zero-order valence-corrected chi connectivity index (χ0v) is 10.9. The lowest BCUT2D eigenvalue weighted by atomic mass is 10.0. The van der Waals surface area contributed by atoms with Crippen LogP contribution in [0.4, 0.5) is 0 Å². The molecule has 0 amide bonds. The summed E-state index contributed by atoms with van der Waals surface area (Å²) in [4.78, 5) is 8.07. The van der Waals surface area contributed by atoms with Crippen molar-refractivity contribution in [3.8, 4) is 16.9 Å². The van der Waals surface area contributed by atoms with Crippen molar-refractivity contribution < 1.29 is 9.47 Å². The predicted molar refractivity (Wildman–Crippen MR) is 74.9 cm³/mol. The molecule has 0 N–H and O–H groups in total. The van der Waals surface area contributed by atoms with Crippen molar-refractivity contribution in [2.24, 2.45) is 0 Å². The number of aromatic nitrogens is 2. The average Bonchev–Trinajstić information content (AvgIpc) is 2.48. The lowest BCUT2D eigenvalue weighted by Crippen LogP contribution is -2.06. The SMILES string of the molecule is C=Cc1cccc(-c2cncnc2)c1OCCOC. The Morgan fingerprint density at radius 3 is 2.68 bits per heavy atom. The molecule has 0 saturated heterocycles. The summed E-state index contributed by atoms with van der Waals surface area (Å²) in [6.07, 6.45) is 6.80. The van der Waals surface area contributed by atoms with E-state index in [1.54, 1.807) is 25.6 Å². The molecule has 1 aromatic heterocycles. The molecule has 0 unspecified atom stereocenters. The van der Waals surface area contributed by atoms with Gasteiger partial charge in [0.25, 0.3) is 0 Å². The summed E-state index contributed by atoms with van der Waals surface area (Å²) >= 11 is 0. The first-order chi connectivity index (χ1) is 9.36. The monoisotopic (exact) mass is 256 g/mol. The maximum absolute atomic E-state index is 5.80. The quantitative estimate of drug-likeness (QED) is 0.745. The fraction of sp³-hybridized carbons (Fsp3) is 0.200. The first-order valence-electron chi connectivity index (χ1n) is 5.99. The largest absolute Gasteiger partial charge is 0.490 e. The van der Waals surface area contributed by atoms with Gasteiger partial charge in [-0.2, -0.15) is 0 Å². The van der Waals surface area contributed by atoms with E-state index in [2.05, 4.69) is 16.5 Å². The molecule has 2 aromatic rings. The van der Waals surface area contributed by atoms with Gasteiger partial charge in [0.2, 0.25) is 0 Å². The molecule has 0 aliphatic heterocycles. The van der Waals surface area contributed by atoms with Crippen LogP contribution in [0.5, 0.6) is 5.75 Å². The second kappa shape index (κ2) is 6.66. The molecule has 0 spiro atoms. The maximum Gasteiger partial charge on any atom is 0.134 e. The highest BCUT2D eigenvalue weighted by Gasteiger charge is 2.10. The number of methoxy groups -OCH3 is 1. The Labute approximate surface area is 112 Å². The Morgan fingerprint density at radius 1 is 1.21 bits per heavy atom. The summed E-state index contributed by atoms with van der Waals surface area (Å²) in [5.74, 6) is 0.782. The second-order valence-electron chi connectivity index (χ2n) is 3.90. The van der Waals surface area contributed by atoms with Gasteiger partial charge in [-0.05, 0) is 0 Å². The van der Waals surface area contributed by atoms with Crippen LogP contribution in [-0.2, 0) is 4.74 Å².